The van der Waals surface area contributed by atoms with E-state index in [1.165, 1.54) is 149 Å². The second-order valence-corrected chi connectivity index (χ2v) is 21.6. The Morgan fingerprint density at radius 3 is 0.959 bits per heavy atom. The summed E-state index contributed by atoms with van der Waals surface area (Å²) in [4.78, 5) is 0. The van der Waals surface area contributed by atoms with Gasteiger partial charge in [0.25, 0.3) is 0 Å². The first-order chi connectivity index (χ1) is 35.6. The van der Waals surface area contributed by atoms with Crippen molar-refractivity contribution >= 4 is 32.3 Å². The summed E-state index contributed by atoms with van der Waals surface area (Å²) >= 11 is 0. The van der Waals surface area contributed by atoms with E-state index in [9.17, 15) is 0 Å². The van der Waals surface area contributed by atoms with Gasteiger partial charge >= 0.3 is 0 Å². The lowest BCUT2D eigenvalue weighted by Gasteiger charge is -2.24. The van der Waals surface area contributed by atoms with Crippen LogP contribution in [0.4, 0.5) is 0 Å². The summed E-state index contributed by atoms with van der Waals surface area (Å²) in [7, 11) is 0. The van der Waals surface area contributed by atoms with Crippen LogP contribution in [0.25, 0.3) is 121 Å². The minimum absolute atomic E-state index is 0.148. The number of rotatable bonds is 6. The first-order valence-electron chi connectivity index (χ1n) is 25.9. The topological polar surface area (TPSA) is 0 Å². The predicted molar refractivity (Wildman–Crippen MR) is 311 cm³/mol. The van der Waals surface area contributed by atoms with Crippen LogP contribution in [0.1, 0.15) is 55.5 Å². The highest BCUT2D eigenvalue weighted by Gasteiger charge is 2.38. The van der Waals surface area contributed by atoms with Gasteiger partial charge in [0.15, 0.2) is 0 Å². The molecule has 0 radical (unpaired) electrons. The molecule has 12 aromatic rings. The number of aryl methyl sites for hydroxylation is 1. The third-order valence-electron chi connectivity index (χ3n) is 16.9. The molecule has 73 heavy (non-hydrogen) atoms. The van der Waals surface area contributed by atoms with Crippen molar-refractivity contribution in [2.75, 3.05) is 0 Å². The maximum atomic E-state index is 2.47. The number of fused-ring (bicyclic) bond motifs is 9. The molecule has 0 aliphatic heterocycles. The Labute approximate surface area is 428 Å². The zero-order valence-corrected chi connectivity index (χ0v) is 42.0. The summed E-state index contributed by atoms with van der Waals surface area (Å²) in [6, 6.07) is 88.9. The largest absolute Gasteiger partial charge is 0.0616 e. The lowest BCUT2D eigenvalue weighted by Crippen LogP contribution is -2.15. The summed E-state index contributed by atoms with van der Waals surface area (Å²) in [6.45, 7) is 11.9. The first-order valence-corrected chi connectivity index (χ1v) is 25.9. The molecule has 0 aromatic heterocycles. The van der Waals surface area contributed by atoms with E-state index in [4.69, 9.17) is 0 Å². The SMILES string of the molecule is Cc1c2ccccc2c(-c2ccc(-c3ccc4c(c3)C(C)(C)c3cc(-c5ccc6c(c5)C(C)(C)c5cc(-c7ccc(-c8ccc(-c9cccc%10ccccc9%10)cc8)cc7)ccc5-6)ccc3-4)cc2)c2ccccc12. The van der Waals surface area contributed by atoms with Gasteiger partial charge in [-0.15, -0.1) is 0 Å². The molecule has 0 fully saturated rings. The van der Waals surface area contributed by atoms with Crippen LogP contribution >= 0.6 is 0 Å². The Kier molecular flexibility index (Phi) is 9.61. The quantitative estimate of drug-likeness (QED) is 0.146. The van der Waals surface area contributed by atoms with Crippen molar-refractivity contribution < 1.29 is 0 Å². The van der Waals surface area contributed by atoms with Gasteiger partial charge < -0.3 is 0 Å². The van der Waals surface area contributed by atoms with E-state index in [1.807, 2.05) is 0 Å². The molecule has 0 atom stereocenters. The minimum Gasteiger partial charge on any atom is -0.0616 e. The van der Waals surface area contributed by atoms with Crippen LogP contribution in [0, 0.1) is 6.92 Å². The molecule has 0 saturated heterocycles. The molecule has 0 spiro atoms. The smallest absolute Gasteiger partial charge is 0.0159 e. The summed E-state index contributed by atoms with van der Waals surface area (Å²) in [5.41, 5.74) is 27.0. The second kappa shape index (κ2) is 16.2. The molecule has 12 aromatic carbocycles. The van der Waals surface area contributed by atoms with Crippen molar-refractivity contribution in [3.05, 3.63) is 264 Å². The van der Waals surface area contributed by atoms with Gasteiger partial charge in [0.2, 0.25) is 0 Å². The average Bonchev–Trinajstić information content (AvgIpc) is 3.81. The van der Waals surface area contributed by atoms with Gasteiger partial charge in [-0.25, -0.2) is 0 Å². The van der Waals surface area contributed by atoms with E-state index in [-0.39, 0.29) is 10.8 Å². The van der Waals surface area contributed by atoms with E-state index in [0.717, 1.165) is 0 Å². The average molecular weight is 931 g/mol. The lowest BCUT2D eigenvalue weighted by atomic mass is 9.79. The first kappa shape index (κ1) is 43.2. The highest BCUT2D eigenvalue weighted by Crippen LogP contribution is 2.53. The highest BCUT2D eigenvalue weighted by atomic mass is 14.4. The standard InChI is InChI=1S/C73H54/c1-45-57-15-8-10-18-65(57)71(66-19-11-9-16-58(45)66)52-31-27-49(28-32-52)54-34-38-62-64-40-36-56(44-70(64)73(4,5)68(62)42-54)55-35-39-63-61-37-33-53(41-67(61)72(2,3)69(63)43-55)48-23-21-46(22-24-48)47-25-29-51(30-26-47)60-20-12-14-50-13-6-7-17-59(50)60/h6-44H,1-5H3. The van der Waals surface area contributed by atoms with Crippen molar-refractivity contribution in [2.45, 2.75) is 45.4 Å². The summed E-state index contributed by atoms with van der Waals surface area (Å²) in [5, 5.41) is 7.80. The van der Waals surface area contributed by atoms with Crippen molar-refractivity contribution in [3.63, 3.8) is 0 Å². The third kappa shape index (κ3) is 6.74. The van der Waals surface area contributed by atoms with Crippen LogP contribution in [0.5, 0.6) is 0 Å². The Hall–Kier alpha value is -8.58. The van der Waals surface area contributed by atoms with Gasteiger partial charge in [-0.1, -0.05) is 240 Å². The van der Waals surface area contributed by atoms with Crippen molar-refractivity contribution in [1.29, 1.82) is 0 Å². The van der Waals surface area contributed by atoms with E-state index in [2.05, 4.69) is 271 Å². The molecule has 0 bridgehead atoms. The molecule has 2 aliphatic carbocycles. The van der Waals surface area contributed by atoms with Crippen molar-refractivity contribution in [1.82, 2.24) is 0 Å². The molecule has 0 heterocycles. The van der Waals surface area contributed by atoms with E-state index < -0.39 is 0 Å². The summed E-state index contributed by atoms with van der Waals surface area (Å²) < 4.78 is 0. The predicted octanol–water partition coefficient (Wildman–Crippen LogP) is 20.1. The van der Waals surface area contributed by atoms with Gasteiger partial charge in [-0.05, 0) is 180 Å². The normalized spacial score (nSPS) is 13.8. The molecule has 14 rings (SSSR count). The fourth-order valence-corrected chi connectivity index (χ4v) is 12.9. The van der Waals surface area contributed by atoms with Crippen molar-refractivity contribution in [2.24, 2.45) is 0 Å². The maximum absolute atomic E-state index is 2.47. The van der Waals surface area contributed by atoms with E-state index in [1.54, 1.807) is 0 Å². The molecular formula is C73H54. The molecule has 0 amide bonds. The molecule has 2 aliphatic rings. The molecule has 0 saturated carbocycles. The molecule has 0 nitrogen and oxygen atoms in total. The number of hydrogen-bond donors (Lipinski definition) is 0. The molecular weight excluding hydrogens is 877 g/mol. The second-order valence-electron chi connectivity index (χ2n) is 21.6. The van der Waals surface area contributed by atoms with Gasteiger partial charge in [0, 0.05) is 10.8 Å². The minimum atomic E-state index is -0.153. The number of hydrogen-bond acceptors (Lipinski definition) is 0. The van der Waals surface area contributed by atoms with Crippen molar-refractivity contribution in [3.8, 4) is 89.0 Å². The van der Waals surface area contributed by atoms with E-state index in [0.29, 0.717) is 0 Å². The fraction of sp³-hybridized carbons (Fsp3) is 0.0959. The molecule has 0 heteroatoms. The van der Waals surface area contributed by atoms with Gasteiger partial charge in [0.1, 0.15) is 0 Å². The molecule has 0 unspecified atom stereocenters. The van der Waals surface area contributed by atoms with Crippen LogP contribution in [-0.2, 0) is 10.8 Å². The van der Waals surface area contributed by atoms with Gasteiger partial charge in [-0.3, -0.25) is 0 Å². The van der Waals surface area contributed by atoms with Crippen LogP contribution in [0.15, 0.2) is 237 Å². The molecule has 0 N–H and O–H groups in total. The Balaban J connectivity index is 0.719. The lowest BCUT2D eigenvalue weighted by molar-refractivity contribution is 0.660. The van der Waals surface area contributed by atoms with Gasteiger partial charge in [0.05, 0.1) is 0 Å². The zero-order valence-electron chi connectivity index (χ0n) is 42.0. The Bertz CT molecular complexity index is 4160. The zero-order chi connectivity index (χ0) is 49.2. The summed E-state index contributed by atoms with van der Waals surface area (Å²) in [5.74, 6) is 0. The molecule has 346 valence electrons. The van der Waals surface area contributed by atoms with Crippen LogP contribution < -0.4 is 0 Å². The van der Waals surface area contributed by atoms with Crippen LogP contribution in [-0.4, -0.2) is 0 Å². The fourth-order valence-electron chi connectivity index (χ4n) is 12.9. The van der Waals surface area contributed by atoms with Crippen LogP contribution in [0.2, 0.25) is 0 Å². The highest BCUT2D eigenvalue weighted by molar-refractivity contribution is 6.15. The monoisotopic (exact) mass is 930 g/mol. The third-order valence-corrected chi connectivity index (χ3v) is 16.9. The van der Waals surface area contributed by atoms with Gasteiger partial charge in [-0.2, -0.15) is 0 Å². The Morgan fingerprint density at radius 2 is 0.534 bits per heavy atom. The number of benzene rings is 12. The summed E-state index contributed by atoms with van der Waals surface area (Å²) in [6.07, 6.45) is 0. The maximum Gasteiger partial charge on any atom is 0.0159 e. The Morgan fingerprint density at radius 1 is 0.233 bits per heavy atom. The van der Waals surface area contributed by atoms with Crippen LogP contribution in [0.3, 0.4) is 0 Å². The van der Waals surface area contributed by atoms with E-state index >= 15 is 0 Å².